The zero-order chi connectivity index (χ0) is 7.82. The maximum absolute atomic E-state index is 5.12. The monoisotopic (exact) mass is 136 g/mol. The molecule has 0 rings (SSSR count). The first-order valence-corrected chi connectivity index (χ1v) is 3.91. The highest BCUT2D eigenvalue weighted by atomic mass is 14.0. The van der Waals surface area contributed by atoms with Crippen LogP contribution in [-0.2, 0) is 0 Å². The summed E-state index contributed by atoms with van der Waals surface area (Å²) in [5, 5.41) is 0. The van der Waals surface area contributed by atoms with Gasteiger partial charge in [-0.15, -0.1) is 12.3 Å². The van der Waals surface area contributed by atoms with Gasteiger partial charge in [-0.25, -0.2) is 0 Å². The minimum atomic E-state index is 0.754. The third-order valence-corrected chi connectivity index (χ3v) is 1.49. The highest BCUT2D eigenvalue weighted by Gasteiger charge is 1.90. The molecule has 10 heavy (non-hydrogen) atoms. The lowest BCUT2D eigenvalue weighted by atomic mass is 10.1. The van der Waals surface area contributed by atoms with Gasteiger partial charge in [0.1, 0.15) is 0 Å². The van der Waals surface area contributed by atoms with E-state index in [1.54, 1.807) is 0 Å². The van der Waals surface area contributed by atoms with Crippen LogP contribution in [0.2, 0.25) is 0 Å². The molecular formula is C10H16. The Balaban J connectivity index is 3.15. The molecule has 0 atom stereocenters. The summed E-state index contributed by atoms with van der Waals surface area (Å²) < 4.78 is 0. The second kappa shape index (κ2) is 6.42. The number of rotatable bonds is 5. The highest BCUT2D eigenvalue weighted by Crippen LogP contribution is 2.08. The van der Waals surface area contributed by atoms with Crippen LogP contribution in [0.3, 0.4) is 0 Å². The minimum absolute atomic E-state index is 0.754. The van der Waals surface area contributed by atoms with Gasteiger partial charge in [0.25, 0.3) is 0 Å². The van der Waals surface area contributed by atoms with E-state index in [9.17, 15) is 0 Å². The van der Waals surface area contributed by atoms with Gasteiger partial charge in [-0.2, -0.15) is 0 Å². The molecule has 0 aromatic heterocycles. The Morgan fingerprint density at radius 2 is 2.20 bits per heavy atom. The molecule has 0 aliphatic rings. The number of hydrogen-bond acceptors (Lipinski definition) is 0. The summed E-state index contributed by atoms with van der Waals surface area (Å²) in [5.74, 6) is 2.59. The van der Waals surface area contributed by atoms with E-state index < -0.39 is 0 Å². The number of terminal acetylenes is 1. The van der Waals surface area contributed by atoms with E-state index in [1.165, 1.54) is 24.8 Å². The van der Waals surface area contributed by atoms with Crippen LogP contribution in [0, 0.1) is 12.3 Å². The van der Waals surface area contributed by atoms with Gasteiger partial charge in [-0.3, -0.25) is 0 Å². The average Bonchev–Trinajstić information content (AvgIpc) is 1.89. The average molecular weight is 136 g/mol. The molecule has 56 valence electrons. The molecule has 0 heteroatoms. The van der Waals surface area contributed by atoms with Gasteiger partial charge in [0.15, 0.2) is 0 Å². The zero-order valence-electron chi connectivity index (χ0n) is 6.82. The molecule has 0 aliphatic heterocycles. The second-order valence-electron chi connectivity index (χ2n) is 2.59. The SMILES string of the molecule is C#CCC(=C)CCCCC. The summed E-state index contributed by atoms with van der Waals surface area (Å²) in [6.07, 6.45) is 10.8. The van der Waals surface area contributed by atoms with E-state index in [4.69, 9.17) is 6.42 Å². The van der Waals surface area contributed by atoms with Crippen LogP contribution in [-0.4, -0.2) is 0 Å². The summed E-state index contributed by atoms with van der Waals surface area (Å²) in [4.78, 5) is 0. The molecule has 0 spiro atoms. The molecule has 0 radical (unpaired) electrons. The van der Waals surface area contributed by atoms with Crippen molar-refractivity contribution in [3.05, 3.63) is 12.2 Å². The Kier molecular flexibility index (Phi) is 5.97. The van der Waals surface area contributed by atoms with Crippen molar-refractivity contribution in [2.45, 2.75) is 39.0 Å². The van der Waals surface area contributed by atoms with Gasteiger partial charge in [0, 0.05) is 6.42 Å². The number of allylic oxidation sites excluding steroid dienone is 1. The van der Waals surface area contributed by atoms with Gasteiger partial charge >= 0.3 is 0 Å². The van der Waals surface area contributed by atoms with E-state index in [0.717, 1.165) is 12.8 Å². The van der Waals surface area contributed by atoms with Crippen LogP contribution in [0.4, 0.5) is 0 Å². The van der Waals surface area contributed by atoms with E-state index in [-0.39, 0.29) is 0 Å². The van der Waals surface area contributed by atoms with Gasteiger partial charge < -0.3 is 0 Å². The lowest BCUT2D eigenvalue weighted by molar-refractivity contribution is 0.709. The van der Waals surface area contributed by atoms with Crippen molar-refractivity contribution in [1.82, 2.24) is 0 Å². The predicted octanol–water partition coefficient (Wildman–Crippen LogP) is 3.15. The maximum Gasteiger partial charge on any atom is 0.0293 e. The number of unbranched alkanes of at least 4 members (excludes halogenated alkanes) is 2. The standard InChI is InChI=1S/C10H16/c1-4-6-7-9-10(3)8-5-2/h2H,3-4,6-9H2,1H3. The summed E-state index contributed by atoms with van der Waals surface area (Å²) in [6, 6.07) is 0. The molecule has 0 fully saturated rings. The fourth-order valence-electron chi connectivity index (χ4n) is 0.858. The van der Waals surface area contributed by atoms with Crippen LogP contribution in [0.25, 0.3) is 0 Å². The zero-order valence-corrected chi connectivity index (χ0v) is 6.82. The van der Waals surface area contributed by atoms with Crippen LogP contribution < -0.4 is 0 Å². The summed E-state index contributed by atoms with van der Waals surface area (Å²) in [5.41, 5.74) is 1.20. The Morgan fingerprint density at radius 1 is 1.50 bits per heavy atom. The first kappa shape index (κ1) is 9.30. The molecule has 0 aromatic rings. The number of hydrogen-bond donors (Lipinski definition) is 0. The third kappa shape index (κ3) is 5.44. The molecule has 0 unspecified atom stereocenters. The molecule has 0 amide bonds. The van der Waals surface area contributed by atoms with Crippen molar-refractivity contribution in [2.24, 2.45) is 0 Å². The molecule has 0 heterocycles. The summed E-state index contributed by atoms with van der Waals surface area (Å²) >= 11 is 0. The Morgan fingerprint density at radius 3 is 2.70 bits per heavy atom. The van der Waals surface area contributed by atoms with Crippen molar-refractivity contribution >= 4 is 0 Å². The quantitative estimate of drug-likeness (QED) is 0.309. The molecule has 0 bridgehead atoms. The van der Waals surface area contributed by atoms with Gasteiger partial charge in [0.2, 0.25) is 0 Å². The largest absolute Gasteiger partial charge is 0.120 e. The van der Waals surface area contributed by atoms with Crippen molar-refractivity contribution in [3.63, 3.8) is 0 Å². The lowest BCUT2D eigenvalue weighted by Crippen LogP contribution is -1.80. The van der Waals surface area contributed by atoms with Gasteiger partial charge in [0.05, 0.1) is 0 Å². The minimum Gasteiger partial charge on any atom is -0.120 e. The van der Waals surface area contributed by atoms with Crippen molar-refractivity contribution in [3.8, 4) is 12.3 Å². The first-order chi connectivity index (χ1) is 4.81. The molecule has 0 N–H and O–H groups in total. The Bertz CT molecular complexity index is 125. The molecule has 0 saturated carbocycles. The molecular weight excluding hydrogens is 120 g/mol. The fourth-order valence-corrected chi connectivity index (χ4v) is 0.858. The summed E-state index contributed by atoms with van der Waals surface area (Å²) in [6.45, 7) is 6.07. The first-order valence-electron chi connectivity index (χ1n) is 3.91. The van der Waals surface area contributed by atoms with Gasteiger partial charge in [-0.1, -0.05) is 31.9 Å². The van der Waals surface area contributed by atoms with Crippen molar-refractivity contribution in [2.75, 3.05) is 0 Å². The smallest absolute Gasteiger partial charge is 0.0293 e. The second-order valence-corrected chi connectivity index (χ2v) is 2.59. The van der Waals surface area contributed by atoms with Crippen LogP contribution in [0.1, 0.15) is 39.0 Å². The fraction of sp³-hybridized carbons (Fsp3) is 0.600. The van der Waals surface area contributed by atoms with Crippen LogP contribution >= 0.6 is 0 Å². The third-order valence-electron chi connectivity index (χ3n) is 1.49. The summed E-state index contributed by atoms with van der Waals surface area (Å²) in [7, 11) is 0. The van der Waals surface area contributed by atoms with E-state index in [0.29, 0.717) is 0 Å². The normalized spacial score (nSPS) is 8.80. The maximum atomic E-state index is 5.12. The van der Waals surface area contributed by atoms with E-state index in [1.807, 2.05) is 0 Å². The van der Waals surface area contributed by atoms with Crippen molar-refractivity contribution < 1.29 is 0 Å². The Labute approximate surface area is 64.3 Å². The van der Waals surface area contributed by atoms with E-state index in [2.05, 4.69) is 19.4 Å². The molecule has 0 aromatic carbocycles. The topological polar surface area (TPSA) is 0 Å². The highest BCUT2D eigenvalue weighted by molar-refractivity contribution is 5.05. The van der Waals surface area contributed by atoms with E-state index >= 15 is 0 Å². The Hall–Kier alpha value is -0.700. The molecule has 0 nitrogen and oxygen atoms in total. The van der Waals surface area contributed by atoms with Crippen LogP contribution in [0.5, 0.6) is 0 Å². The lowest BCUT2D eigenvalue weighted by Gasteiger charge is -1.98. The molecule has 0 saturated heterocycles. The van der Waals surface area contributed by atoms with Crippen LogP contribution in [0.15, 0.2) is 12.2 Å². The van der Waals surface area contributed by atoms with Gasteiger partial charge in [-0.05, 0) is 12.8 Å². The predicted molar refractivity (Wildman–Crippen MR) is 46.7 cm³/mol. The molecule has 0 aliphatic carbocycles. The van der Waals surface area contributed by atoms with Crippen molar-refractivity contribution in [1.29, 1.82) is 0 Å².